The SMILES string of the molecule is COc1ccccc1OCCNC(=O)C1CCCC1. The van der Waals surface area contributed by atoms with Gasteiger partial charge in [-0.05, 0) is 25.0 Å². The van der Waals surface area contributed by atoms with Crippen LogP contribution in [0.2, 0.25) is 0 Å². The van der Waals surface area contributed by atoms with Crippen LogP contribution in [0.25, 0.3) is 0 Å². The van der Waals surface area contributed by atoms with E-state index in [0.29, 0.717) is 24.7 Å². The molecule has 0 aromatic heterocycles. The molecule has 0 atom stereocenters. The Morgan fingerprint density at radius 3 is 2.63 bits per heavy atom. The lowest BCUT2D eigenvalue weighted by atomic mass is 10.1. The van der Waals surface area contributed by atoms with Crippen molar-refractivity contribution in [3.05, 3.63) is 24.3 Å². The molecule has 0 bridgehead atoms. The van der Waals surface area contributed by atoms with Crippen molar-refractivity contribution in [1.29, 1.82) is 0 Å². The van der Waals surface area contributed by atoms with E-state index in [0.717, 1.165) is 12.8 Å². The number of ether oxygens (including phenoxy) is 2. The van der Waals surface area contributed by atoms with Gasteiger partial charge in [-0.15, -0.1) is 0 Å². The van der Waals surface area contributed by atoms with Crippen LogP contribution >= 0.6 is 0 Å². The smallest absolute Gasteiger partial charge is 0.223 e. The van der Waals surface area contributed by atoms with E-state index in [4.69, 9.17) is 9.47 Å². The van der Waals surface area contributed by atoms with E-state index in [1.54, 1.807) is 7.11 Å². The van der Waals surface area contributed by atoms with E-state index < -0.39 is 0 Å². The predicted octanol–water partition coefficient (Wildman–Crippen LogP) is 2.38. The fourth-order valence-electron chi connectivity index (χ4n) is 2.41. The van der Waals surface area contributed by atoms with Crippen molar-refractivity contribution in [2.45, 2.75) is 25.7 Å². The lowest BCUT2D eigenvalue weighted by Gasteiger charge is -2.12. The lowest BCUT2D eigenvalue weighted by Crippen LogP contribution is -2.32. The van der Waals surface area contributed by atoms with Gasteiger partial charge in [-0.1, -0.05) is 25.0 Å². The van der Waals surface area contributed by atoms with Crippen LogP contribution in [-0.4, -0.2) is 26.2 Å². The maximum Gasteiger partial charge on any atom is 0.223 e. The van der Waals surface area contributed by atoms with E-state index in [2.05, 4.69) is 5.32 Å². The first-order valence-corrected chi connectivity index (χ1v) is 6.85. The summed E-state index contributed by atoms with van der Waals surface area (Å²) in [7, 11) is 1.62. The van der Waals surface area contributed by atoms with Gasteiger partial charge in [0, 0.05) is 5.92 Å². The Morgan fingerprint density at radius 2 is 1.95 bits per heavy atom. The minimum Gasteiger partial charge on any atom is -0.493 e. The van der Waals surface area contributed by atoms with Crippen LogP contribution in [0.3, 0.4) is 0 Å². The van der Waals surface area contributed by atoms with Crippen molar-refractivity contribution in [2.75, 3.05) is 20.3 Å². The molecule has 1 N–H and O–H groups in total. The van der Waals surface area contributed by atoms with E-state index in [1.165, 1.54) is 12.8 Å². The third-order valence-corrected chi connectivity index (χ3v) is 3.45. The number of hydrogen-bond acceptors (Lipinski definition) is 3. The van der Waals surface area contributed by atoms with E-state index >= 15 is 0 Å². The molecule has 1 aliphatic carbocycles. The molecule has 1 amide bonds. The number of hydrogen-bond donors (Lipinski definition) is 1. The number of benzene rings is 1. The highest BCUT2D eigenvalue weighted by molar-refractivity contribution is 5.78. The van der Waals surface area contributed by atoms with Crippen LogP contribution in [0, 0.1) is 5.92 Å². The number of nitrogens with one attached hydrogen (secondary N) is 1. The van der Waals surface area contributed by atoms with Crippen LogP contribution in [0.1, 0.15) is 25.7 Å². The second kappa shape index (κ2) is 7.02. The molecular formula is C15H21NO3. The summed E-state index contributed by atoms with van der Waals surface area (Å²) in [5.74, 6) is 1.80. The summed E-state index contributed by atoms with van der Waals surface area (Å²) in [5, 5.41) is 2.93. The number of rotatable bonds is 6. The molecular weight excluding hydrogens is 242 g/mol. The summed E-state index contributed by atoms with van der Waals surface area (Å²) in [5.41, 5.74) is 0. The van der Waals surface area contributed by atoms with Crippen molar-refractivity contribution >= 4 is 5.91 Å². The van der Waals surface area contributed by atoms with Gasteiger partial charge < -0.3 is 14.8 Å². The maximum absolute atomic E-state index is 11.8. The molecule has 4 nitrogen and oxygen atoms in total. The van der Waals surface area contributed by atoms with Gasteiger partial charge in [0.1, 0.15) is 6.61 Å². The number of amides is 1. The van der Waals surface area contributed by atoms with Gasteiger partial charge in [0.2, 0.25) is 5.91 Å². The molecule has 0 radical (unpaired) electrons. The molecule has 104 valence electrons. The molecule has 0 spiro atoms. The fraction of sp³-hybridized carbons (Fsp3) is 0.533. The second-order valence-corrected chi connectivity index (χ2v) is 4.77. The maximum atomic E-state index is 11.8. The molecule has 1 saturated carbocycles. The van der Waals surface area contributed by atoms with Crippen LogP contribution < -0.4 is 14.8 Å². The van der Waals surface area contributed by atoms with Gasteiger partial charge >= 0.3 is 0 Å². The molecule has 0 saturated heterocycles. The van der Waals surface area contributed by atoms with Gasteiger partial charge in [0.15, 0.2) is 11.5 Å². The first kappa shape index (κ1) is 13.7. The molecule has 0 aliphatic heterocycles. The molecule has 4 heteroatoms. The Bertz CT molecular complexity index is 414. The highest BCUT2D eigenvalue weighted by atomic mass is 16.5. The minimum absolute atomic E-state index is 0.168. The van der Waals surface area contributed by atoms with Gasteiger partial charge in [0.05, 0.1) is 13.7 Å². The Kier molecular flexibility index (Phi) is 5.07. The number of carbonyl (C=O) groups excluding carboxylic acids is 1. The number of para-hydroxylation sites is 2. The van der Waals surface area contributed by atoms with Crippen LogP contribution in [0.5, 0.6) is 11.5 Å². The molecule has 0 heterocycles. The normalized spacial score (nSPS) is 15.2. The molecule has 19 heavy (non-hydrogen) atoms. The number of methoxy groups -OCH3 is 1. The minimum atomic E-state index is 0.168. The largest absolute Gasteiger partial charge is 0.493 e. The summed E-state index contributed by atoms with van der Waals surface area (Å²) in [6.45, 7) is 0.992. The summed E-state index contributed by atoms with van der Waals surface area (Å²) in [6.07, 6.45) is 4.41. The van der Waals surface area contributed by atoms with Crippen molar-refractivity contribution in [2.24, 2.45) is 5.92 Å². The fourth-order valence-corrected chi connectivity index (χ4v) is 2.41. The first-order chi connectivity index (χ1) is 9.31. The monoisotopic (exact) mass is 263 g/mol. The lowest BCUT2D eigenvalue weighted by molar-refractivity contribution is -0.124. The molecule has 0 unspecified atom stereocenters. The van der Waals surface area contributed by atoms with Gasteiger partial charge in [0.25, 0.3) is 0 Å². The Balaban J connectivity index is 1.70. The van der Waals surface area contributed by atoms with Crippen molar-refractivity contribution in [3.63, 3.8) is 0 Å². The molecule has 2 rings (SSSR count). The summed E-state index contributed by atoms with van der Waals surface area (Å²) < 4.78 is 10.8. The highest BCUT2D eigenvalue weighted by Crippen LogP contribution is 2.26. The average molecular weight is 263 g/mol. The standard InChI is InChI=1S/C15H21NO3/c1-18-13-8-4-5-9-14(13)19-11-10-16-15(17)12-6-2-3-7-12/h4-5,8-9,12H,2-3,6-7,10-11H2,1H3,(H,16,17). The first-order valence-electron chi connectivity index (χ1n) is 6.85. The molecule has 1 fully saturated rings. The third kappa shape index (κ3) is 3.88. The number of carbonyl (C=O) groups is 1. The summed E-state index contributed by atoms with van der Waals surface area (Å²) in [6, 6.07) is 7.51. The highest BCUT2D eigenvalue weighted by Gasteiger charge is 2.21. The molecule has 1 aromatic rings. The Hall–Kier alpha value is -1.71. The predicted molar refractivity (Wildman–Crippen MR) is 73.5 cm³/mol. The summed E-state index contributed by atoms with van der Waals surface area (Å²) in [4.78, 5) is 11.8. The molecule has 1 aromatic carbocycles. The topological polar surface area (TPSA) is 47.6 Å². The van der Waals surface area contributed by atoms with E-state index in [1.807, 2.05) is 24.3 Å². The molecule has 1 aliphatic rings. The van der Waals surface area contributed by atoms with Crippen LogP contribution in [0.15, 0.2) is 24.3 Å². The zero-order chi connectivity index (χ0) is 13.5. The summed E-state index contributed by atoms with van der Waals surface area (Å²) >= 11 is 0. The quantitative estimate of drug-likeness (QED) is 0.802. The van der Waals surface area contributed by atoms with Gasteiger partial charge in [-0.2, -0.15) is 0 Å². The van der Waals surface area contributed by atoms with Gasteiger partial charge in [-0.25, -0.2) is 0 Å². The second-order valence-electron chi connectivity index (χ2n) is 4.77. The average Bonchev–Trinajstić information content (AvgIpc) is 2.98. The van der Waals surface area contributed by atoms with Crippen LogP contribution in [0.4, 0.5) is 0 Å². The Labute approximate surface area is 114 Å². The van der Waals surface area contributed by atoms with Gasteiger partial charge in [-0.3, -0.25) is 4.79 Å². The zero-order valence-corrected chi connectivity index (χ0v) is 11.4. The van der Waals surface area contributed by atoms with Crippen molar-refractivity contribution in [3.8, 4) is 11.5 Å². The van der Waals surface area contributed by atoms with Crippen LogP contribution in [-0.2, 0) is 4.79 Å². The zero-order valence-electron chi connectivity index (χ0n) is 11.4. The van der Waals surface area contributed by atoms with Crippen molar-refractivity contribution < 1.29 is 14.3 Å². The van der Waals surface area contributed by atoms with Crippen molar-refractivity contribution in [1.82, 2.24) is 5.32 Å². The van der Waals surface area contributed by atoms with E-state index in [9.17, 15) is 4.79 Å². The Morgan fingerprint density at radius 1 is 1.26 bits per heavy atom. The third-order valence-electron chi connectivity index (χ3n) is 3.45. The van der Waals surface area contributed by atoms with E-state index in [-0.39, 0.29) is 11.8 Å².